The van der Waals surface area contributed by atoms with Crippen LogP contribution in [0.25, 0.3) is 0 Å². The summed E-state index contributed by atoms with van der Waals surface area (Å²) < 4.78 is 69.5. The predicted molar refractivity (Wildman–Crippen MR) is 157 cm³/mol. The third kappa shape index (κ3) is 11.1. The van der Waals surface area contributed by atoms with E-state index < -0.39 is 41.9 Å². The first-order valence-corrected chi connectivity index (χ1v) is 15.6. The monoisotopic (exact) mass is 643 g/mol. The highest BCUT2D eigenvalue weighted by Gasteiger charge is 2.64. The molecule has 0 radical (unpaired) electrons. The van der Waals surface area contributed by atoms with Crippen LogP contribution in [0.2, 0.25) is 0 Å². The maximum atomic E-state index is 13.3. The molecule has 1 atom stereocenters. The normalized spacial score (nSPS) is 13.6. The molecule has 0 heterocycles. The summed E-state index contributed by atoms with van der Waals surface area (Å²) in [5.41, 5.74) is 6.19. The van der Waals surface area contributed by atoms with Crippen LogP contribution in [0.15, 0.2) is 0 Å². The van der Waals surface area contributed by atoms with Crippen LogP contribution >= 0.6 is 0 Å². The number of hydrogen-bond acceptors (Lipinski definition) is 15. The summed E-state index contributed by atoms with van der Waals surface area (Å²) in [6.45, 7) is 17.8. The Balaban J connectivity index is 6.20. The minimum absolute atomic E-state index is 0.0298. The number of hydrogen-bond donors (Lipinski definition) is 1. The lowest BCUT2D eigenvalue weighted by atomic mass is 10.1. The fourth-order valence-electron chi connectivity index (χ4n) is 4.16. The molecule has 0 aromatic heterocycles. The molecule has 0 fully saturated rings. The van der Waals surface area contributed by atoms with Gasteiger partial charge in [0, 0.05) is 46.1 Å². The SMILES string of the molecule is CCOC(OCC)(OCC)C(OCC)(OCC)OC(=O)CC[C@H](N)C(=O)OC(OCC)(OCC)C(OCC)(OCC)OCC. The summed E-state index contributed by atoms with van der Waals surface area (Å²) in [5.74, 6) is -10.4. The van der Waals surface area contributed by atoms with Crippen molar-refractivity contribution >= 4 is 11.9 Å². The molecule has 0 unspecified atom stereocenters. The van der Waals surface area contributed by atoms with Crippen molar-refractivity contribution in [3.05, 3.63) is 0 Å². The van der Waals surface area contributed by atoms with Crippen LogP contribution < -0.4 is 5.73 Å². The Bertz CT molecular complexity index is 737. The van der Waals surface area contributed by atoms with E-state index in [-0.39, 0.29) is 78.9 Å². The largest absolute Gasteiger partial charge is 0.416 e. The first-order chi connectivity index (χ1) is 21.0. The Kier molecular flexibility index (Phi) is 21.3. The van der Waals surface area contributed by atoms with Gasteiger partial charge in [-0.1, -0.05) is 0 Å². The van der Waals surface area contributed by atoms with Gasteiger partial charge in [-0.05, 0) is 75.7 Å². The van der Waals surface area contributed by atoms with E-state index >= 15 is 0 Å². The quantitative estimate of drug-likeness (QED) is 0.0973. The van der Waals surface area contributed by atoms with Gasteiger partial charge in [-0.3, -0.25) is 9.59 Å². The highest BCUT2D eigenvalue weighted by atomic mass is 17.0. The van der Waals surface area contributed by atoms with Gasteiger partial charge in [-0.25, -0.2) is 0 Å². The predicted octanol–water partition coefficient (Wildman–Crippen LogP) is 3.16. The first kappa shape index (κ1) is 42.5. The molecule has 0 aromatic rings. The standard InChI is InChI=1S/C29H57NO14/c1-11-33-26(34-12-2,35-13-3)28(39-17-7,40-18-8)43-24(31)22-21-23(30)25(32)44-29(41-19-9,42-20-10)27(36-14-4,37-15-5)38-16-6/h23H,11-22,30H2,1-10H3/t23-/m0/s1. The zero-order valence-electron chi connectivity index (χ0n) is 28.4. The molecule has 0 rings (SSSR count). The lowest BCUT2D eigenvalue weighted by Crippen LogP contribution is -2.65. The average molecular weight is 644 g/mol. The lowest BCUT2D eigenvalue weighted by molar-refractivity contribution is -0.549. The molecule has 0 aliphatic carbocycles. The van der Waals surface area contributed by atoms with E-state index in [9.17, 15) is 9.59 Å². The summed E-state index contributed by atoms with van der Waals surface area (Å²) in [7, 11) is 0. The molecule has 2 N–H and O–H groups in total. The van der Waals surface area contributed by atoms with Gasteiger partial charge in [0.1, 0.15) is 6.04 Å². The molecular weight excluding hydrogens is 586 g/mol. The van der Waals surface area contributed by atoms with Crippen molar-refractivity contribution in [3.63, 3.8) is 0 Å². The fourth-order valence-corrected chi connectivity index (χ4v) is 4.16. The molecule has 0 spiro atoms. The van der Waals surface area contributed by atoms with E-state index in [2.05, 4.69) is 0 Å². The third-order valence-electron chi connectivity index (χ3n) is 5.54. The number of carbonyl (C=O) groups excluding carboxylic acids is 2. The zero-order chi connectivity index (χ0) is 33.7. The molecule has 0 aliphatic rings. The van der Waals surface area contributed by atoms with Crippen LogP contribution in [0.4, 0.5) is 0 Å². The van der Waals surface area contributed by atoms with Crippen molar-refractivity contribution in [2.24, 2.45) is 5.73 Å². The van der Waals surface area contributed by atoms with Crippen molar-refractivity contribution in [1.29, 1.82) is 0 Å². The number of carbonyl (C=O) groups is 2. The summed E-state index contributed by atoms with van der Waals surface area (Å²) >= 11 is 0. The van der Waals surface area contributed by atoms with Gasteiger partial charge in [-0.15, -0.1) is 0 Å². The summed E-state index contributed by atoms with van der Waals surface area (Å²) in [6.07, 6.45) is -0.571. The Morgan fingerprint density at radius 2 is 0.705 bits per heavy atom. The second-order valence-electron chi connectivity index (χ2n) is 8.60. The van der Waals surface area contributed by atoms with Gasteiger partial charge in [0.25, 0.3) is 0 Å². The van der Waals surface area contributed by atoms with E-state index in [1.165, 1.54) is 0 Å². The number of esters is 2. The van der Waals surface area contributed by atoms with Crippen molar-refractivity contribution in [2.45, 2.75) is 112 Å². The average Bonchev–Trinajstić information content (AvgIpc) is 2.97. The van der Waals surface area contributed by atoms with Crippen LogP contribution in [-0.4, -0.2) is 108 Å². The van der Waals surface area contributed by atoms with Gasteiger partial charge >= 0.3 is 35.8 Å². The summed E-state index contributed by atoms with van der Waals surface area (Å²) in [5, 5.41) is 0. The van der Waals surface area contributed by atoms with Gasteiger partial charge in [0.05, 0.1) is 26.4 Å². The third-order valence-corrected chi connectivity index (χ3v) is 5.54. The van der Waals surface area contributed by atoms with Crippen LogP contribution in [0.5, 0.6) is 0 Å². The van der Waals surface area contributed by atoms with Crippen molar-refractivity contribution < 1.29 is 66.4 Å². The van der Waals surface area contributed by atoms with Gasteiger partial charge < -0.3 is 62.6 Å². The molecule has 0 bridgehead atoms. The highest BCUT2D eigenvalue weighted by Crippen LogP contribution is 2.38. The molecule has 0 aromatic carbocycles. The highest BCUT2D eigenvalue weighted by molar-refractivity contribution is 5.77. The summed E-state index contributed by atoms with van der Waals surface area (Å²) in [4.78, 5) is 26.6. The molecule has 262 valence electrons. The molecule has 15 heteroatoms. The summed E-state index contributed by atoms with van der Waals surface area (Å²) in [6, 6.07) is -1.34. The van der Waals surface area contributed by atoms with Crippen LogP contribution in [0.3, 0.4) is 0 Å². The van der Waals surface area contributed by atoms with Crippen molar-refractivity contribution in [3.8, 4) is 0 Å². The topological polar surface area (TPSA) is 171 Å². The molecule has 0 saturated heterocycles. The molecule has 0 aliphatic heterocycles. The Morgan fingerprint density at radius 3 is 0.977 bits per heavy atom. The Hall–Kier alpha value is -1.50. The van der Waals surface area contributed by atoms with Crippen LogP contribution in [0, 0.1) is 0 Å². The Labute approximate surface area is 262 Å². The molecule has 0 saturated carbocycles. The van der Waals surface area contributed by atoms with E-state index in [1.54, 1.807) is 69.2 Å². The van der Waals surface area contributed by atoms with Crippen LogP contribution in [-0.2, 0) is 66.4 Å². The minimum atomic E-state index is -2.28. The second-order valence-corrected chi connectivity index (χ2v) is 8.60. The fraction of sp³-hybridized carbons (Fsp3) is 0.931. The number of nitrogens with two attached hydrogens (primary N) is 1. The first-order valence-electron chi connectivity index (χ1n) is 15.6. The number of rotatable bonds is 28. The van der Waals surface area contributed by atoms with E-state index in [1.807, 2.05) is 0 Å². The molecular formula is C29H57NO14. The van der Waals surface area contributed by atoms with E-state index in [0.29, 0.717) is 0 Å². The van der Waals surface area contributed by atoms with E-state index in [0.717, 1.165) is 0 Å². The Morgan fingerprint density at radius 1 is 0.455 bits per heavy atom. The van der Waals surface area contributed by atoms with E-state index in [4.69, 9.17) is 62.6 Å². The molecule has 15 nitrogen and oxygen atoms in total. The van der Waals surface area contributed by atoms with Gasteiger partial charge in [0.15, 0.2) is 0 Å². The van der Waals surface area contributed by atoms with Crippen molar-refractivity contribution in [2.75, 3.05) is 66.1 Å². The zero-order valence-corrected chi connectivity index (χ0v) is 28.4. The minimum Gasteiger partial charge on any atom is -0.401 e. The van der Waals surface area contributed by atoms with Crippen LogP contribution in [0.1, 0.15) is 82.1 Å². The van der Waals surface area contributed by atoms with Gasteiger partial charge in [-0.2, -0.15) is 0 Å². The maximum absolute atomic E-state index is 13.3. The number of ether oxygens (including phenoxy) is 12. The molecule has 0 amide bonds. The second kappa shape index (κ2) is 22.1. The van der Waals surface area contributed by atoms with Gasteiger partial charge in [0.2, 0.25) is 0 Å². The molecule has 44 heavy (non-hydrogen) atoms. The maximum Gasteiger partial charge on any atom is 0.416 e. The van der Waals surface area contributed by atoms with Crippen molar-refractivity contribution in [1.82, 2.24) is 0 Å². The smallest absolute Gasteiger partial charge is 0.401 e. The lowest BCUT2D eigenvalue weighted by Gasteiger charge is -2.45.